The van der Waals surface area contributed by atoms with Gasteiger partial charge in [0.2, 0.25) is 11.8 Å². The molecule has 0 radical (unpaired) electrons. The van der Waals surface area contributed by atoms with Crippen molar-refractivity contribution in [2.75, 3.05) is 6.54 Å². The maximum Gasteiger partial charge on any atom is 0.313 e. The van der Waals surface area contributed by atoms with Gasteiger partial charge in [0, 0.05) is 30.0 Å². The lowest BCUT2D eigenvalue weighted by atomic mass is 9.55. The van der Waals surface area contributed by atoms with Crippen LogP contribution in [0, 0.1) is 11.8 Å². The van der Waals surface area contributed by atoms with E-state index in [1.165, 1.54) is 4.90 Å². The molecule has 1 aromatic heterocycles. The number of para-hydroxylation sites is 1. The fraction of sp³-hybridized carbons (Fsp3) is 0.200. The maximum absolute atomic E-state index is 13.6. The molecule has 4 aromatic rings. The summed E-state index contributed by atoms with van der Waals surface area (Å²) < 4.78 is 5.58. The number of hydrogen-bond donors (Lipinski definition) is 0. The number of carbonyl (C=O) groups excluding carboxylic acids is 3. The Morgan fingerprint density at radius 1 is 0.750 bits per heavy atom. The molecule has 6 nitrogen and oxygen atoms in total. The topological polar surface area (TPSA) is 76.6 Å². The number of pyridine rings is 1. The molecule has 2 heterocycles. The van der Waals surface area contributed by atoms with Crippen LogP contribution in [0.3, 0.4) is 0 Å². The molecule has 3 aliphatic carbocycles. The van der Waals surface area contributed by atoms with Crippen molar-refractivity contribution in [2.45, 2.75) is 18.3 Å². The Bertz CT molecular complexity index is 1460. The van der Waals surface area contributed by atoms with Gasteiger partial charge in [-0.1, -0.05) is 66.7 Å². The summed E-state index contributed by atoms with van der Waals surface area (Å²) in [5.74, 6) is -1.69. The van der Waals surface area contributed by atoms with E-state index in [4.69, 9.17) is 4.74 Å². The Kier molecular flexibility index (Phi) is 4.58. The number of hydrogen-bond acceptors (Lipinski definition) is 5. The number of rotatable bonds is 4. The highest BCUT2D eigenvalue weighted by Crippen LogP contribution is 2.60. The average Bonchev–Trinajstić information content (AvgIpc) is 3.17. The Labute approximate surface area is 207 Å². The molecule has 8 rings (SSSR count). The van der Waals surface area contributed by atoms with Gasteiger partial charge in [0.05, 0.1) is 18.3 Å². The summed E-state index contributed by atoms with van der Waals surface area (Å²) in [4.78, 5) is 45.6. The monoisotopic (exact) mass is 474 g/mol. The van der Waals surface area contributed by atoms with Crippen LogP contribution in [0.25, 0.3) is 10.9 Å². The molecule has 176 valence electrons. The van der Waals surface area contributed by atoms with E-state index >= 15 is 0 Å². The standard InChI is InChI=1S/C30H22N2O4/c33-23(36-22-13-5-7-17-8-6-15-31-28(17)22)14-16-32-29(34)26-24-18-9-1-2-10-19(18)25(27(26)30(32)35)21-12-4-3-11-20(21)24/h1-13,15,24-27H,14,16H2/t24?,25?,26-,27-/m0/s1. The first-order valence-corrected chi connectivity index (χ1v) is 12.2. The molecule has 2 bridgehead atoms. The predicted molar refractivity (Wildman–Crippen MR) is 132 cm³/mol. The summed E-state index contributed by atoms with van der Waals surface area (Å²) >= 11 is 0. The van der Waals surface area contributed by atoms with Gasteiger partial charge in [-0.25, -0.2) is 0 Å². The minimum absolute atomic E-state index is 0.00776. The van der Waals surface area contributed by atoms with Crippen molar-refractivity contribution < 1.29 is 19.1 Å². The van der Waals surface area contributed by atoms with Gasteiger partial charge in [0.1, 0.15) is 5.52 Å². The number of esters is 1. The SMILES string of the molecule is O=C(CCN1C(=O)[C@H]2C3c4ccccc4C(c4ccccc43)[C@@H]2C1=O)Oc1cccc2cccnc12. The van der Waals surface area contributed by atoms with Crippen molar-refractivity contribution in [1.82, 2.24) is 9.88 Å². The number of fused-ring (bicyclic) bond motifs is 1. The molecule has 0 saturated carbocycles. The molecule has 0 spiro atoms. The van der Waals surface area contributed by atoms with E-state index < -0.39 is 17.8 Å². The van der Waals surface area contributed by atoms with Crippen LogP contribution in [0.15, 0.2) is 85.1 Å². The Morgan fingerprint density at radius 3 is 1.89 bits per heavy atom. The largest absolute Gasteiger partial charge is 0.424 e. The molecule has 1 saturated heterocycles. The van der Waals surface area contributed by atoms with E-state index in [1.54, 1.807) is 18.3 Å². The molecule has 1 fully saturated rings. The summed E-state index contributed by atoms with van der Waals surface area (Å²) in [7, 11) is 0. The Balaban J connectivity index is 1.15. The van der Waals surface area contributed by atoms with Crippen molar-refractivity contribution in [1.29, 1.82) is 0 Å². The van der Waals surface area contributed by atoms with Gasteiger partial charge in [-0.15, -0.1) is 0 Å². The molecule has 3 aromatic carbocycles. The van der Waals surface area contributed by atoms with Crippen LogP contribution in [0.5, 0.6) is 5.75 Å². The average molecular weight is 475 g/mol. The molecule has 1 aliphatic heterocycles. The number of nitrogens with zero attached hydrogens (tertiary/aromatic N) is 2. The van der Waals surface area contributed by atoms with Gasteiger partial charge >= 0.3 is 5.97 Å². The van der Waals surface area contributed by atoms with Gasteiger partial charge in [-0.2, -0.15) is 0 Å². The van der Waals surface area contributed by atoms with Crippen molar-refractivity contribution in [2.24, 2.45) is 11.8 Å². The van der Waals surface area contributed by atoms with Crippen LogP contribution < -0.4 is 4.74 Å². The van der Waals surface area contributed by atoms with Crippen molar-refractivity contribution in [3.63, 3.8) is 0 Å². The third kappa shape index (κ3) is 2.90. The smallest absolute Gasteiger partial charge is 0.313 e. The van der Waals surface area contributed by atoms with Crippen LogP contribution in [0.1, 0.15) is 40.5 Å². The minimum Gasteiger partial charge on any atom is -0.424 e. The maximum atomic E-state index is 13.6. The molecule has 2 atom stereocenters. The molecule has 36 heavy (non-hydrogen) atoms. The molecular weight excluding hydrogens is 452 g/mol. The number of carbonyl (C=O) groups is 3. The zero-order chi connectivity index (χ0) is 24.4. The van der Waals surface area contributed by atoms with Gasteiger partial charge in [-0.3, -0.25) is 24.3 Å². The first kappa shape index (κ1) is 21.0. The van der Waals surface area contributed by atoms with E-state index in [2.05, 4.69) is 29.2 Å². The van der Waals surface area contributed by atoms with Gasteiger partial charge < -0.3 is 4.74 Å². The fourth-order valence-corrected chi connectivity index (χ4v) is 6.49. The van der Waals surface area contributed by atoms with E-state index in [0.29, 0.717) is 11.3 Å². The van der Waals surface area contributed by atoms with Crippen LogP contribution in [0.4, 0.5) is 0 Å². The summed E-state index contributed by atoms with van der Waals surface area (Å²) in [6.45, 7) is 0.00776. The van der Waals surface area contributed by atoms with Crippen molar-refractivity contribution in [3.05, 3.63) is 107 Å². The van der Waals surface area contributed by atoms with Gasteiger partial charge in [0.15, 0.2) is 5.75 Å². The Morgan fingerprint density at radius 2 is 1.31 bits per heavy atom. The lowest BCUT2D eigenvalue weighted by Crippen LogP contribution is -2.41. The van der Waals surface area contributed by atoms with E-state index in [0.717, 1.165) is 27.6 Å². The molecule has 0 unspecified atom stereocenters. The van der Waals surface area contributed by atoms with Crippen molar-refractivity contribution >= 4 is 28.7 Å². The zero-order valence-corrected chi connectivity index (χ0v) is 19.3. The molecular formula is C30H22N2O4. The van der Waals surface area contributed by atoms with E-state index in [9.17, 15) is 14.4 Å². The number of benzene rings is 3. The lowest BCUT2D eigenvalue weighted by Gasteiger charge is -2.45. The highest BCUT2D eigenvalue weighted by atomic mass is 16.5. The third-order valence-corrected chi connectivity index (χ3v) is 7.90. The van der Waals surface area contributed by atoms with Crippen LogP contribution in [0.2, 0.25) is 0 Å². The van der Waals surface area contributed by atoms with Gasteiger partial charge in [0.25, 0.3) is 0 Å². The normalized spacial score (nSPS) is 23.4. The first-order chi connectivity index (χ1) is 17.6. The second kappa shape index (κ2) is 7.85. The van der Waals surface area contributed by atoms with E-state index in [1.807, 2.05) is 42.5 Å². The highest BCUT2D eigenvalue weighted by molar-refractivity contribution is 6.08. The molecule has 0 N–H and O–H groups in total. The Hall–Kier alpha value is -4.32. The number of likely N-dealkylation sites (tertiary alicyclic amines) is 1. The minimum atomic E-state index is -0.502. The lowest BCUT2D eigenvalue weighted by molar-refractivity contribution is -0.141. The summed E-state index contributed by atoms with van der Waals surface area (Å²) in [6.07, 6.45) is 1.57. The number of aromatic nitrogens is 1. The van der Waals surface area contributed by atoms with E-state index in [-0.39, 0.29) is 36.6 Å². The molecule has 2 amide bonds. The van der Waals surface area contributed by atoms with Crippen LogP contribution >= 0.6 is 0 Å². The fourth-order valence-electron chi connectivity index (χ4n) is 6.49. The number of amides is 2. The summed E-state index contributed by atoms with van der Waals surface area (Å²) in [6, 6.07) is 25.4. The van der Waals surface area contributed by atoms with Crippen LogP contribution in [-0.2, 0) is 14.4 Å². The second-order valence-corrected chi connectivity index (χ2v) is 9.65. The zero-order valence-electron chi connectivity index (χ0n) is 19.3. The van der Waals surface area contributed by atoms with Crippen LogP contribution in [-0.4, -0.2) is 34.2 Å². The predicted octanol–water partition coefficient (Wildman–Crippen LogP) is 4.42. The third-order valence-electron chi connectivity index (χ3n) is 7.90. The summed E-state index contributed by atoms with van der Waals surface area (Å²) in [5.41, 5.74) is 5.13. The quantitative estimate of drug-likeness (QED) is 0.249. The van der Waals surface area contributed by atoms with Gasteiger partial charge in [-0.05, 0) is 34.4 Å². The summed E-state index contributed by atoms with van der Waals surface area (Å²) in [5, 5.41) is 0.867. The number of ether oxygens (including phenoxy) is 1. The second-order valence-electron chi connectivity index (χ2n) is 9.65. The molecule has 4 aliphatic rings. The first-order valence-electron chi connectivity index (χ1n) is 12.2. The van der Waals surface area contributed by atoms with Crippen molar-refractivity contribution in [3.8, 4) is 5.75 Å². The molecule has 6 heteroatoms. The highest BCUT2D eigenvalue weighted by Gasteiger charge is 2.61. The number of imide groups is 1.